The summed E-state index contributed by atoms with van der Waals surface area (Å²) in [5, 5.41) is -0.298. The van der Waals surface area contributed by atoms with Crippen LogP contribution in [0.25, 0.3) is 0 Å². The molecule has 1 heterocycles. The first-order valence-corrected chi connectivity index (χ1v) is 11.6. The van der Waals surface area contributed by atoms with Crippen molar-refractivity contribution in [1.82, 2.24) is 4.90 Å². The van der Waals surface area contributed by atoms with Crippen LogP contribution in [-0.2, 0) is 23.0 Å². The standard InChI is InChI=1S/C22H26N2O3S/c25-22(18-7-3-1-4-8-18)24-14-13-17-11-12-20(15-19(17)16-24)23-28(26,27)21-9-5-2-6-10-21/h1,3-4,7-8,11-12,15,21,23H,2,5-6,9-10,13-14,16H2. The van der Waals surface area contributed by atoms with Crippen LogP contribution in [0, 0.1) is 0 Å². The highest BCUT2D eigenvalue weighted by Crippen LogP contribution is 2.28. The van der Waals surface area contributed by atoms with E-state index in [0.717, 1.165) is 44.1 Å². The Kier molecular flexibility index (Phi) is 5.40. The number of amides is 1. The Morgan fingerprint density at radius 1 is 0.964 bits per heavy atom. The van der Waals surface area contributed by atoms with Crippen LogP contribution in [0.1, 0.15) is 53.6 Å². The van der Waals surface area contributed by atoms with E-state index in [4.69, 9.17) is 0 Å². The fraction of sp³-hybridized carbons (Fsp3) is 0.409. The van der Waals surface area contributed by atoms with Gasteiger partial charge in [0.1, 0.15) is 0 Å². The molecule has 28 heavy (non-hydrogen) atoms. The van der Waals surface area contributed by atoms with Crippen LogP contribution in [0.4, 0.5) is 5.69 Å². The Balaban J connectivity index is 1.50. The first-order chi connectivity index (χ1) is 13.5. The second kappa shape index (κ2) is 7.95. The Hall–Kier alpha value is -2.34. The summed E-state index contributed by atoms with van der Waals surface area (Å²) in [5.41, 5.74) is 3.47. The molecule has 0 radical (unpaired) electrons. The average Bonchev–Trinajstić information content (AvgIpc) is 2.73. The third kappa shape index (κ3) is 4.07. The number of fused-ring (bicyclic) bond motifs is 1. The number of nitrogens with zero attached hydrogens (tertiary/aromatic N) is 1. The van der Waals surface area contributed by atoms with E-state index >= 15 is 0 Å². The van der Waals surface area contributed by atoms with Gasteiger partial charge >= 0.3 is 0 Å². The highest BCUT2D eigenvalue weighted by molar-refractivity contribution is 7.93. The quantitative estimate of drug-likeness (QED) is 0.848. The van der Waals surface area contributed by atoms with Crippen molar-refractivity contribution in [1.29, 1.82) is 0 Å². The molecule has 1 amide bonds. The lowest BCUT2D eigenvalue weighted by Crippen LogP contribution is -2.36. The number of nitrogens with one attached hydrogen (secondary N) is 1. The highest BCUT2D eigenvalue weighted by atomic mass is 32.2. The molecule has 0 saturated heterocycles. The maximum Gasteiger partial charge on any atom is 0.254 e. The molecular formula is C22H26N2O3S. The second-order valence-electron chi connectivity index (χ2n) is 7.73. The molecule has 6 heteroatoms. The van der Waals surface area contributed by atoms with E-state index in [0.29, 0.717) is 24.3 Å². The molecule has 1 fully saturated rings. The van der Waals surface area contributed by atoms with Gasteiger partial charge < -0.3 is 4.90 Å². The molecule has 4 rings (SSSR count). The number of hydrogen-bond acceptors (Lipinski definition) is 3. The fourth-order valence-electron chi connectivity index (χ4n) is 4.18. The third-order valence-electron chi connectivity index (χ3n) is 5.78. The first-order valence-electron chi connectivity index (χ1n) is 10.0. The number of rotatable bonds is 4. The molecule has 2 aromatic rings. The molecular weight excluding hydrogens is 372 g/mol. The summed E-state index contributed by atoms with van der Waals surface area (Å²) in [4.78, 5) is 14.6. The molecule has 2 aliphatic rings. The summed E-state index contributed by atoms with van der Waals surface area (Å²) in [6.07, 6.45) is 5.33. The molecule has 0 bridgehead atoms. The monoisotopic (exact) mass is 398 g/mol. The number of carbonyl (C=O) groups excluding carboxylic acids is 1. The molecule has 148 valence electrons. The fourth-order valence-corrected chi connectivity index (χ4v) is 5.76. The van der Waals surface area contributed by atoms with Crippen molar-refractivity contribution in [3.63, 3.8) is 0 Å². The minimum absolute atomic E-state index is 0.0134. The van der Waals surface area contributed by atoms with E-state index in [2.05, 4.69) is 4.72 Å². The summed E-state index contributed by atoms with van der Waals surface area (Å²) < 4.78 is 28.2. The van der Waals surface area contributed by atoms with E-state index in [-0.39, 0.29) is 11.2 Å². The van der Waals surface area contributed by atoms with Gasteiger partial charge in [-0.3, -0.25) is 9.52 Å². The maximum absolute atomic E-state index is 12.7. The molecule has 1 aliphatic carbocycles. The molecule has 1 aliphatic heterocycles. The van der Waals surface area contributed by atoms with Crippen LogP contribution in [-0.4, -0.2) is 31.0 Å². The molecule has 0 atom stereocenters. The van der Waals surface area contributed by atoms with E-state index < -0.39 is 10.0 Å². The molecule has 0 aromatic heterocycles. The predicted octanol–water partition coefficient (Wildman–Crippen LogP) is 3.96. The predicted molar refractivity (Wildman–Crippen MR) is 111 cm³/mol. The van der Waals surface area contributed by atoms with Gasteiger partial charge in [-0.1, -0.05) is 43.5 Å². The maximum atomic E-state index is 12.7. The topological polar surface area (TPSA) is 66.5 Å². The van der Waals surface area contributed by atoms with Gasteiger partial charge in [-0.25, -0.2) is 8.42 Å². The van der Waals surface area contributed by atoms with E-state index in [1.165, 1.54) is 5.56 Å². The third-order valence-corrected chi connectivity index (χ3v) is 7.65. The van der Waals surface area contributed by atoms with Crippen molar-refractivity contribution in [2.45, 2.75) is 50.3 Å². The summed E-state index contributed by atoms with van der Waals surface area (Å²) in [5.74, 6) is 0.0134. The van der Waals surface area contributed by atoms with Gasteiger partial charge in [0.25, 0.3) is 5.91 Å². The number of benzene rings is 2. The first kappa shape index (κ1) is 19.0. The number of hydrogen-bond donors (Lipinski definition) is 1. The second-order valence-corrected chi connectivity index (χ2v) is 9.69. The Bertz CT molecular complexity index is 951. The van der Waals surface area contributed by atoms with Crippen molar-refractivity contribution < 1.29 is 13.2 Å². The Morgan fingerprint density at radius 2 is 1.71 bits per heavy atom. The Labute approximate surface area is 166 Å². The minimum Gasteiger partial charge on any atom is -0.334 e. The van der Waals surface area contributed by atoms with Crippen molar-refractivity contribution in [2.24, 2.45) is 0 Å². The van der Waals surface area contributed by atoms with Crippen molar-refractivity contribution >= 4 is 21.6 Å². The van der Waals surface area contributed by atoms with Gasteiger partial charge in [-0.15, -0.1) is 0 Å². The molecule has 1 N–H and O–H groups in total. The summed E-state index contributed by atoms with van der Waals surface area (Å²) in [6.45, 7) is 1.18. The van der Waals surface area contributed by atoms with Crippen molar-refractivity contribution in [3.8, 4) is 0 Å². The van der Waals surface area contributed by atoms with Crippen molar-refractivity contribution in [3.05, 3.63) is 65.2 Å². The average molecular weight is 399 g/mol. The van der Waals surface area contributed by atoms with Crippen LogP contribution in [0.5, 0.6) is 0 Å². The largest absolute Gasteiger partial charge is 0.334 e. The minimum atomic E-state index is -3.37. The number of carbonyl (C=O) groups is 1. The molecule has 0 unspecified atom stereocenters. The van der Waals surface area contributed by atoms with Gasteiger partial charge in [-0.2, -0.15) is 0 Å². The number of sulfonamides is 1. The molecule has 5 nitrogen and oxygen atoms in total. The van der Waals surface area contributed by atoms with Gasteiger partial charge in [0.05, 0.1) is 5.25 Å². The zero-order valence-electron chi connectivity index (χ0n) is 15.9. The van der Waals surface area contributed by atoms with Gasteiger partial charge in [0.2, 0.25) is 10.0 Å². The molecule has 1 saturated carbocycles. The summed E-state index contributed by atoms with van der Waals surface area (Å²) in [6, 6.07) is 15.0. The van der Waals surface area contributed by atoms with Crippen LogP contribution in [0.15, 0.2) is 48.5 Å². The molecule has 2 aromatic carbocycles. The van der Waals surface area contributed by atoms with Crippen LogP contribution >= 0.6 is 0 Å². The zero-order valence-corrected chi connectivity index (χ0v) is 16.7. The van der Waals surface area contributed by atoms with Crippen LogP contribution in [0.3, 0.4) is 0 Å². The SMILES string of the molecule is O=C(c1ccccc1)N1CCc2ccc(NS(=O)(=O)C3CCCCC3)cc2C1. The normalized spacial score (nSPS) is 17.8. The lowest BCUT2D eigenvalue weighted by molar-refractivity contribution is 0.0734. The van der Waals surface area contributed by atoms with Crippen LogP contribution in [0.2, 0.25) is 0 Å². The van der Waals surface area contributed by atoms with Gasteiger partial charge in [-0.05, 0) is 54.7 Å². The smallest absolute Gasteiger partial charge is 0.254 e. The number of anilines is 1. The summed E-state index contributed by atoms with van der Waals surface area (Å²) >= 11 is 0. The van der Waals surface area contributed by atoms with E-state index in [1.807, 2.05) is 53.4 Å². The van der Waals surface area contributed by atoms with Crippen molar-refractivity contribution in [2.75, 3.05) is 11.3 Å². The zero-order chi connectivity index (χ0) is 19.6. The lowest BCUT2D eigenvalue weighted by Gasteiger charge is -2.29. The van der Waals surface area contributed by atoms with Gasteiger partial charge in [0.15, 0.2) is 0 Å². The highest BCUT2D eigenvalue weighted by Gasteiger charge is 2.28. The lowest BCUT2D eigenvalue weighted by atomic mass is 9.98. The van der Waals surface area contributed by atoms with E-state index in [9.17, 15) is 13.2 Å². The van der Waals surface area contributed by atoms with Crippen LogP contribution < -0.4 is 4.72 Å². The summed E-state index contributed by atoms with van der Waals surface area (Å²) in [7, 11) is -3.37. The molecule has 0 spiro atoms. The Morgan fingerprint density at radius 3 is 2.46 bits per heavy atom. The van der Waals surface area contributed by atoms with E-state index in [1.54, 1.807) is 0 Å². The van der Waals surface area contributed by atoms with Gasteiger partial charge in [0, 0.05) is 24.3 Å².